The fourth-order valence-electron chi connectivity index (χ4n) is 5.07. The van der Waals surface area contributed by atoms with Crippen molar-refractivity contribution in [2.75, 3.05) is 33.4 Å². The number of hydrogen-bond donors (Lipinski definition) is 1. The van der Waals surface area contributed by atoms with Crippen LogP contribution in [0.1, 0.15) is 38.2 Å². The summed E-state index contributed by atoms with van der Waals surface area (Å²) in [6, 6.07) is 16.9. The first-order chi connectivity index (χ1) is 15.1. The van der Waals surface area contributed by atoms with Gasteiger partial charge >= 0.3 is 0 Å². The molecule has 0 aliphatic carbocycles. The molecule has 2 atom stereocenters. The van der Waals surface area contributed by atoms with Crippen molar-refractivity contribution in [2.45, 2.75) is 50.7 Å². The molecule has 2 aromatic carbocycles. The zero-order valence-corrected chi connectivity index (χ0v) is 18.7. The van der Waals surface area contributed by atoms with E-state index < -0.39 is 5.60 Å². The highest BCUT2D eigenvalue weighted by Crippen LogP contribution is 2.34. The van der Waals surface area contributed by atoms with Gasteiger partial charge in [-0.15, -0.1) is 0 Å². The normalized spacial score (nSPS) is 23.7. The molecule has 2 heterocycles. The lowest BCUT2D eigenvalue weighted by atomic mass is 9.89. The molecule has 31 heavy (non-hydrogen) atoms. The maximum Gasteiger partial charge on any atom is 0.252 e. The summed E-state index contributed by atoms with van der Waals surface area (Å²) in [7, 11) is 1.69. The van der Waals surface area contributed by atoms with Crippen LogP contribution in [-0.2, 0) is 16.0 Å². The number of benzene rings is 2. The van der Waals surface area contributed by atoms with Gasteiger partial charge < -0.3 is 14.8 Å². The van der Waals surface area contributed by atoms with Crippen LogP contribution in [0.2, 0.25) is 0 Å². The third-order valence-electron chi connectivity index (χ3n) is 6.76. The smallest absolute Gasteiger partial charge is 0.252 e. The molecule has 1 amide bonds. The standard InChI is InChI=1S/C26H34N2O3/c1-3-28-15-7-11-22(28)19-27-25(29)26(14-8-16-31-26)18-20-9-6-10-21(17-20)23-12-4-5-13-24(23)30-2/h4-6,9-10,12-13,17,22H,3,7-8,11,14-16,18-19H2,1-2H3,(H,27,29). The number of nitrogens with one attached hydrogen (secondary N) is 1. The van der Waals surface area contributed by atoms with E-state index in [1.165, 1.54) is 6.42 Å². The van der Waals surface area contributed by atoms with Crippen LogP contribution in [0.15, 0.2) is 48.5 Å². The number of hydrogen-bond acceptors (Lipinski definition) is 4. The summed E-state index contributed by atoms with van der Waals surface area (Å²) in [4.78, 5) is 15.8. The summed E-state index contributed by atoms with van der Waals surface area (Å²) in [5.41, 5.74) is 2.48. The molecular formula is C26H34N2O3. The predicted molar refractivity (Wildman–Crippen MR) is 123 cm³/mol. The summed E-state index contributed by atoms with van der Waals surface area (Å²) in [5.74, 6) is 0.886. The van der Waals surface area contributed by atoms with Crippen molar-refractivity contribution in [1.29, 1.82) is 0 Å². The monoisotopic (exact) mass is 422 g/mol. The first kappa shape index (κ1) is 21.8. The van der Waals surface area contributed by atoms with Gasteiger partial charge in [-0.3, -0.25) is 9.69 Å². The molecule has 5 heteroatoms. The molecule has 2 aliphatic heterocycles. The van der Waals surface area contributed by atoms with Gasteiger partial charge in [-0.25, -0.2) is 0 Å². The minimum absolute atomic E-state index is 0.0376. The zero-order valence-electron chi connectivity index (χ0n) is 18.7. The van der Waals surface area contributed by atoms with Crippen LogP contribution in [0.25, 0.3) is 11.1 Å². The second-order valence-electron chi connectivity index (χ2n) is 8.66. The molecule has 2 fully saturated rings. The second kappa shape index (κ2) is 9.84. The average Bonchev–Trinajstić information content (AvgIpc) is 3.47. The predicted octanol–water partition coefficient (Wildman–Crippen LogP) is 4.05. The zero-order chi connectivity index (χ0) is 21.7. The van der Waals surface area contributed by atoms with Gasteiger partial charge in [0, 0.05) is 31.2 Å². The van der Waals surface area contributed by atoms with E-state index in [2.05, 4.69) is 47.5 Å². The van der Waals surface area contributed by atoms with Crippen molar-refractivity contribution in [2.24, 2.45) is 0 Å². The molecule has 5 nitrogen and oxygen atoms in total. The van der Waals surface area contributed by atoms with Gasteiger partial charge in [0.1, 0.15) is 5.75 Å². The van der Waals surface area contributed by atoms with Gasteiger partial charge in [0.25, 0.3) is 5.91 Å². The highest BCUT2D eigenvalue weighted by Gasteiger charge is 2.43. The number of likely N-dealkylation sites (tertiary alicyclic amines) is 1. The maximum atomic E-state index is 13.3. The first-order valence-corrected chi connectivity index (χ1v) is 11.5. The molecule has 1 N–H and O–H groups in total. The molecule has 0 radical (unpaired) electrons. The lowest BCUT2D eigenvalue weighted by molar-refractivity contribution is -0.141. The summed E-state index contributed by atoms with van der Waals surface area (Å²) in [5, 5.41) is 3.23. The molecule has 2 saturated heterocycles. The molecule has 0 spiro atoms. The Balaban J connectivity index is 1.50. The number of ether oxygens (including phenoxy) is 2. The molecule has 0 aromatic heterocycles. The minimum Gasteiger partial charge on any atom is -0.496 e. The minimum atomic E-state index is -0.769. The van der Waals surface area contributed by atoms with E-state index >= 15 is 0 Å². The number of carbonyl (C=O) groups excluding carboxylic acids is 1. The Morgan fingerprint density at radius 1 is 1.23 bits per heavy atom. The van der Waals surface area contributed by atoms with E-state index in [0.29, 0.717) is 25.6 Å². The van der Waals surface area contributed by atoms with Crippen molar-refractivity contribution in [1.82, 2.24) is 10.2 Å². The van der Waals surface area contributed by atoms with Crippen molar-refractivity contribution in [3.05, 3.63) is 54.1 Å². The van der Waals surface area contributed by atoms with Gasteiger partial charge in [0.05, 0.1) is 7.11 Å². The third-order valence-corrected chi connectivity index (χ3v) is 6.76. The molecule has 2 aromatic rings. The van der Waals surface area contributed by atoms with Crippen LogP contribution < -0.4 is 10.1 Å². The number of para-hydroxylation sites is 1. The van der Waals surface area contributed by atoms with Crippen LogP contribution >= 0.6 is 0 Å². The summed E-state index contributed by atoms with van der Waals surface area (Å²) in [6.45, 7) is 5.71. The van der Waals surface area contributed by atoms with Gasteiger partial charge in [0.2, 0.25) is 0 Å². The number of amides is 1. The van der Waals surface area contributed by atoms with E-state index in [4.69, 9.17) is 9.47 Å². The molecule has 0 bridgehead atoms. The Labute approximate surface area is 185 Å². The second-order valence-corrected chi connectivity index (χ2v) is 8.66. The summed E-state index contributed by atoms with van der Waals surface area (Å²) < 4.78 is 11.7. The number of likely N-dealkylation sites (N-methyl/N-ethyl adjacent to an activating group) is 1. The Kier molecular flexibility index (Phi) is 6.93. The lowest BCUT2D eigenvalue weighted by Crippen LogP contribution is -2.51. The molecule has 2 aliphatic rings. The fourth-order valence-corrected chi connectivity index (χ4v) is 5.07. The van der Waals surface area contributed by atoms with Crippen LogP contribution in [0, 0.1) is 0 Å². The number of methoxy groups -OCH3 is 1. The van der Waals surface area contributed by atoms with Crippen LogP contribution in [0.3, 0.4) is 0 Å². The Morgan fingerprint density at radius 3 is 2.87 bits per heavy atom. The number of nitrogens with zero attached hydrogens (tertiary/aromatic N) is 1. The largest absolute Gasteiger partial charge is 0.496 e. The first-order valence-electron chi connectivity index (χ1n) is 11.5. The molecule has 166 valence electrons. The topological polar surface area (TPSA) is 50.8 Å². The van der Waals surface area contributed by atoms with Gasteiger partial charge in [-0.2, -0.15) is 0 Å². The van der Waals surface area contributed by atoms with Crippen molar-refractivity contribution >= 4 is 5.91 Å². The highest BCUT2D eigenvalue weighted by atomic mass is 16.5. The number of rotatable bonds is 8. The Hall–Kier alpha value is -2.37. The van der Waals surface area contributed by atoms with E-state index in [0.717, 1.165) is 54.8 Å². The SMILES string of the molecule is CCN1CCCC1CNC(=O)C1(Cc2cccc(-c3ccccc3OC)c2)CCCO1. The quantitative estimate of drug-likeness (QED) is 0.697. The highest BCUT2D eigenvalue weighted by molar-refractivity contribution is 5.86. The number of carbonyl (C=O) groups is 1. The lowest BCUT2D eigenvalue weighted by Gasteiger charge is -2.29. The van der Waals surface area contributed by atoms with E-state index in [-0.39, 0.29) is 5.91 Å². The summed E-state index contributed by atoms with van der Waals surface area (Å²) >= 11 is 0. The van der Waals surface area contributed by atoms with E-state index in [1.54, 1.807) is 7.11 Å². The molecule has 4 rings (SSSR count). The molecule has 2 unspecified atom stereocenters. The van der Waals surface area contributed by atoms with Gasteiger partial charge in [0.15, 0.2) is 5.60 Å². The molecular weight excluding hydrogens is 388 g/mol. The summed E-state index contributed by atoms with van der Waals surface area (Å²) in [6.07, 6.45) is 4.64. The van der Waals surface area contributed by atoms with Crippen LogP contribution in [0.4, 0.5) is 0 Å². The Morgan fingerprint density at radius 2 is 2.10 bits per heavy atom. The fraction of sp³-hybridized carbons (Fsp3) is 0.500. The molecule has 0 saturated carbocycles. The van der Waals surface area contributed by atoms with Gasteiger partial charge in [-0.1, -0.05) is 49.4 Å². The van der Waals surface area contributed by atoms with Crippen LogP contribution in [0.5, 0.6) is 5.75 Å². The van der Waals surface area contributed by atoms with Crippen molar-refractivity contribution in [3.8, 4) is 16.9 Å². The van der Waals surface area contributed by atoms with Gasteiger partial charge in [-0.05, 0) is 56.0 Å². The Bertz CT molecular complexity index is 892. The third kappa shape index (κ3) is 4.78. The maximum absolute atomic E-state index is 13.3. The van der Waals surface area contributed by atoms with E-state index in [1.807, 2.05) is 18.2 Å². The van der Waals surface area contributed by atoms with Crippen molar-refractivity contribution in [3.63, 3.8) is 0 Å². The van der Waals surface area contributed by atoms with Crippen molar-refractivity contribution < 1.29 is 14.3 Å². The average molecular weight is 423 g/mol. The van der Waals surface area contributed by atoms with E-state index in [9.17, 15) is 4.79 Å². The van der Waals surface area contributed by atoms with Crippen LogP contribution in [-0.4, -0.2) is 55.8 Å².